The van der Waals surface area contributed by atoms with Crippen molar-refractivity contribution < 1.29 is 27.5 Å². The number of benzene rings is 2. The lowest BCUT2D eigenvalue weighted by Gasteiger charge is -2.37. The van der Waals surface area contributed by atoms with Crippen molar-refractivity contribution in [1.82, 2.24) is 4.90 Å². The van der Waals surface area contributed by atoms with Gasteiger partial charge in [-0.25, -0.2) is 4.39 Å². The molecule has 3 rings (SSSR count). The largest absolute Gasteiger partial charge is 0.481 e. The van der Waals surface area contributed by atoms with E-state index < -0.39 is 35.5 Å². The smallest absolute Gasteiger partial charge is 0.416 e. The first kappa shape index (κ1) is 19.4. The average molecular weight is 381 g/mol. The number of aliphatic carboxylic acids is 1. The molecular formula is C20H19F4NO2. The van der Waals surface area contributed by atoms with E-state index in [2.05, 4.69) is 0 Å². The van der Waals surface area contributed by atoms with Crippen molar-refractivity contribution in [3.05, 3.63) is 71.0 Å². The highest BCUT2D eigenvalue weighted by atomic mass is 19.4. The minimum atomic E-state index is -4.46. The van der Waals surface area contributed by atoms with Crippen LogP contribution in [0, 0.1) is 11.7 Å². The fraction of sp³-hybridized carbons (Fsp3) is 0.350. The number of alkyl halides is 3. The third-order valence-corrected chi connectivity index (χ3v) is 4.96. The van der Waals surface area contributed by atoms with Crippen LogP contribution in [-0.4, -0.2) is 29.1 Å². The molecule has 0 saturated carbocycles. The van der Waals surface area contributed by atoms with Gasteiger partial charge in [0.15, 0.2) is 0 Å². The fourth-order valence-corrected chi connectivity index (χ4v) is 3.55. The van der Waals surface area contributed by atoms with Gasteiger partial charge in [0.25, 0.3) is 0 Å². The zero-order chi connectivity index (χ0) is 19.6. The normalized spacial score (nSPS) is 17.6. The van der Waals surface area contributed by atoms with Gasteiger partial charge in [0.1, 0.15) is 5.82 Å². The Balaban J connectivity index is 1.96. The Morgan fingerprint density at radius 2 is 1.67 bits per heavy atom. The van der Waals surface area contributed by atoms with E-state index in [0.29, 0.717) is 37.1 Å². The molecule has 1 N–H and O–H groups in total. The quantitative estimate of drug-likeness (QED) is 0.779. The van der Waals surface area contributed by atoms with Crippen LogP contribution in [0.15, 0.2) is 48.5 Å². The zero-order valence-corrected chi connectivity index (χ0v) is 14.4. The number of carboxylic acid groups (broad SMARTS) is 1. The van der Waals surface area contributed by atoms with Crippen LogP contribution in [0.25, 0.3) is 0 Å². The molecule has 0 amide bonds. The molecule has 2 aromatic carbocycles. The van der Waals surface area contributed by atoms with Crippen LogP contribution < -0.4 is 0 Å². The van der Waals surface area contributed by atoms with Gasteiger partial charge in [0.05, 0.1) is 17.5 Å². The van der Waals surface area contributed by atoms with Crippen molar-refractivity contribution in [2.75, 3.05) is 13.1 Å². The minimum Gasteiger partial charge on any atom is -0.481 e. The molecule has 1 aliphatic rings. The standard InChI is InChI=1S/C20H19F4NO2/c21-17-6-4-13(5-7-17)18(25-10-8-14(9-11-25)19(26)27)15-2-1-3-16(12-15)20(22,23)24/h1-7,12,14,18H,8-11H2,(H,26,27). The molecule has 2 aromatic rings. The Morgan fingerprint density at radius 3 is 2.22 bits per heavy atom. The molecule has 1 unspecified atom stereocenters. The number of likely N-dealkylation sites (tertiary alicyclic amines) is 1. The molecule has 0 aliphatic carbocycles. The summed E-state index contributed by atoms with van der Waals surface area (Å²) in [5, 5.41) is 9.17. The van der Waals surface area contributed by atoms with E-state index in [-0.39, 0.29) is 0 Å². The second kappa shape index (κ2) is 7.68. The number of rotatable bonds is 4. The molecule has 144 valence electrons. The maximum atomic E-state index is 13.3. The van der Waals surface area contributed by atoms with E-state index in [1.54, 1.807) is 18.2 Å². The Morgan fingerprint density at radius 1 is 1.04 bits per heavy atom. The number of nitrogens with zero attached hydrogens (tertiary/aromatic N) is 1. The summed E-state index contributed by atoms with van der Waals surface area (Å²) in [5.41, 5.74) is 0.377. The minimum absolute atomic E-state index is 0.423. The van der Waals surface area contributed by atoms with Crippen LogP contribution in [0.1, 0.15) is 35.6 Å². The molecule has 0 spiro atoms. The predicted octanol–water partition coefficient (Wildman–Crippen LogP) is 4.73. The molecular weight excluding hydrogens is 362 g/mol. The van der Waals surface area contributed by atoms with Gasteiger partial charge >= 0.3 is 12.1 Å². The van der Waals surface area contributed by atoms with Gasteiger partial charge in [-0.1, -0.05) is 24.3 Å². The first-order valence-electron chi connectivity index (χ1n) is 8.65. The van der Waals surface area contributed by atoms with Crippen LogP contribution >= 0.6 is 0 Å². The Kier molecular flexibility index (Phi) is 5.51. The number of hydrogen-bond acceptors (Lipinski definition) is 2. The van der Waals surface area contributed by atoms with Crippen molar-refractivity contribution in [2.45, 2.75) is 25.1 Å². The van der Waals surface area contributed by atoms with E-state index in [1.807, 2.05) is 4.90 Å². The van der Waals surface area contributed by atoms with Gasteiger partial charge in [-0.2, -0.15) is 13.2 Å². The first-order valence-corrected chi connectivity index (χ1v) is 8.65. The molecule has 7 heteroatoms. The Bertz CT molecular complexity index is 796. The summed E-state index contributed by atoms with van der Waals surface area (Å²) in [4.78, 5) is 13.1. The van der Waals surface area contributed by atoms with E-state index >= 15 is 0 Å². The third kappa shape index (κ3) is 4.47. The molecule has 1 saturated heterocycles. The van der Waals surface area contributed by atoms with E-state index in [4.69, 9.17) is 5.11 Å². The van der Waals surface area contributed by atoms with Crippen LogP contribution in [0.5, 0.6) is 0 Å². The summed E-state index contributed by atoms with van der Waals surface area (Å²) in [7, 11) is 0. The molecule has 0 bridgehead atoms. The van der Waals surface area contributed by atoms with Crippen molar-refractivity contribution in [3.63, 3.8) is 0 Å². The highest BCUT2D eigenvalue weighted by Crippen LogP contribution is 2.36. The van der Waals surface area contributed by atoms with Crippen LogP contribution in [0.4, 0.5) is 17.6 Å². The van der Waals surface area contributed by atoms with Gasteiger partial charge in [0.2, 0.25) is 0 Å². The number of carbonyl (C=O) groups is 1. The number of piperidine rings is 1. The second-order valence-corrected chi connectivity index (χ2v) is 6.73. The number of carboxylic acids is 1. The summed E-state index contributed by atoms with van der Waals surface area (Å²) in [5.74, 6) is -1.73. The van der Waals surface area contributed by atoms with Crippen molar-refractivity contribution in [2.24, 2.45) is 5.92 Å². The molecule has 3 nitrogen and oxygen atoms in total. The van der Waals surface area contributed by atoms with Gasteiger partial charge in [-0.15, -0.1) is 0 Å². The van der Waals surface area contributed by atoms with Gasteiger partial charge < -0.3 is 5.11 Å². The lowest BCUT2D eigenvalue weighted by atomic mass is 9.90. The van der Waals surface area contributed by atoms with E-state index in [9.17, 15) is 22.4 Å². The zero-order valence-electron chi connectivity index (χ0n) is 14.4. The van der Waals surface area contributed by atoms with Crippen LogP contribution in [0.3, 0.4) is 0 Å². The molecule has 1 aliphatic heterocycles. The summed E-state index contributed by atoms with van der Waals surface area (Å²) in [6, 6.07) is 10.3. The average Bonchev–Trinajstić information content (AvgIpc) is 2.63. The highest BCUT2D eigenvalue weighted by molar-refractivity contribution is 5.70. The predicted molar refractivity (Wildman–Crippen MR) is 91.6 cm³/mol. The molecule has 1 fully saturated rings. The van der Waals surface area contributed by atoms with Gasteiger partial charge in [-0.3, -0.25) is 9.69 Å². The molecule has 0 radical (unpaired) electrons. The number of halogens is 4. The summed E-state index contributed by atoms with van der Waals surface area (Å²) in [6.07, 6.45) is -3.61. The van der Waals surface area contributed by atoms with Crippen molar-refractivity contribution in [1.29, 1.82) is 0 Å². The van der Waals surface area contributed by atoms with E-state index in [1.165, 1.54) is 18.2 Å². The molecule has 1 atom stereocenters. The maximum Gasteiger partial charge on any atom is 0.416 e. The third-order valence-electron chi connectivity index (χ3n) is 4.96. The summed E-state index contributed by atoms with van der Waals surface area (Å²) < 4.78 is 52.7. The van der Waals surface area contributed by atoms with Crippen molar-refractivity contribution in [3.8, 4) is 0 Å². The highest BCUT2D eigenvalue weighted by Gasteiger charge is 2.33. The van der Waals surface area contributed by atoms with Crippen LogP contribution in [-0.2, 0) is 11.0 Å². The molecule has 0 aromatic heterocycles. The molecule has 1 heterocycles. The topological polar surface area (TPSA) is 40.5 Å². The first-order chi connectivity index (χ1) is 12.8. The monoisotopic (exact) mass is 381 g/mol. The maximum absolute atomic E-state index is 13.3. The second-order valence-electron chi connectivity index (χ2n) is 6.73. The summed E-state index contributed by atoms with van der Waals surface area (Å²) >= 11 is 0. The SMILES string of the molecule is O=C(O)C1CCN(C(c2ccc(F)cc2)c2cccc(C(F)(F)F)c2)CC1. The fourth-order valence-electron chi connectivity index (χ4n) is 3.55. The summed E-state index contributed by atoms with van der Waals surface area (Å²) in [6.45, 7) is 0.879. The van der Waals surface area contributed by atoms with Gasteiger partial charge in [0, 0.05) is 0 Å². The lowest BCUT2D eigenvalue weighted by Crippen LogP contribution is -2.39. The Hall–Kier alpha value is -2.41. The molecule has 27 heavy (non-hydrogen) atoms. The Labute approximate surface area is 154 Å². The van der Waals surface area contributed by atoms with E-state index in [0.717, 1.165) is 12.1 Å². The number of hydrogen-bond donors (Lipinski definition) is 1. The van der Waals surface area contributed by atoms with Gasteiger partial charge in [-0.05, 0) is 61.3 Å². The van der Waals surface area contributed by atoms with Crippen molar-refractivity contribution >= 4 is 5.97 Å². The van der Waals surface area contributed by atoms with Crippen LogP contribution in [0.2, 0.25) is 0 Å². The lowest BCUT2D eigenvalue weighted by molar-refractivity contribution is -0.143.